The molecule has 1 fully saturated rings. The lowest BCUT2D eigenvalue weighted by molar-refractivity contribution is -0.120. The predicted octanol–water partition coefficient (Wildman–Crippen LogP) is -0.281. The van der Waals surface area contributed by atoms with Crippen LogP contribution < -0.4 is 11.1 Å². The molecule has 106 valence electrons. The van der Waals surface area contributed by atoms with Gasteiger partial charge in [-0.05, 0) is 12.8 Å². The zero-order valence-corrected chi connectivity index (χ0v) is 11.0. The van der Waals surface area contributed by atoms with Crippen LogP contribution in [0.4, 0.5) is 0 Å². The monoisotopic (exact) mass is 267 g/mol. The number of carbonyl (C=O) groups excluding carboxylic acids is 1. The van der Waals surface area contributed by atoms with Gasteiger partial charge < -0.3 is 10.8 Å². The molecule has 7 heteroatoms. The van der Waals surface area contributed by atoms with Crippen molar-refractivity contribution in [1.29, 1.82) is 0 Å². The van der Waals surface area contributed by atoms with Gasteiger partial charge in [-0.15, -0.1) is 5.10 Å². The Morgan fingerprint density at radius 3 is 2.89 bits per heavy atom. The number of aromatic nitrogens is 3. The SMILES string of the molecule is NC(=O)C(NC1CCCCC1)c1cn(CCO)nn1. The number of rotatable bonds is 6. The number of aliphatic hydroxyl groups is 1. The standard InChI is InChI=1S/C12H21N5O2/c13-12(19)11(14-9-4-2-1-3-5-9)10-8-17(6-7-18)16-15-10/h8-9,11,14,18H,1-7H2,(H2,13,19). The van der Waals surface area contributed by atoms with Crippen LogP contribution in [0.25, 0.3) is 0 Å². The van der Waals surface area contributed by atoms with Crippen molar-refractivity contribution in [2.24, 2.45) is 5.73 Å². The van der Waals surface area contributed by atoms with E-state index in [4.69, 9.17) is 10.8 Å². The fourth-order valence-corrected chi connectivity index (χ4v) is 2.48. The molecular weight excluding hydrogens is 246 g/mol. The predicted molar refractivity (Wildman–Crippen MR) is 69.1 cm³/mol. The fourth-order valence-electron chi connectivity index (χ4n) is 2.48. The lowest BCUT2D eigenvalue weighted by Gasteiger charge is -2.26. The molecule has 1 heterocycles. The average Bonchev–Trinajstić information content (AvgIpc) is 2.85. The minimum Gasteiger partial charge on any atom is -0.394 e. The van der Waals surface area contributed by atoms with E-state index in [1.54, 1.807) is 6.20 Å². The summed E-state index contributed by atoms with van der Waals surface area (Å²) < 4.78 is 1.51. The van der Waals surface area contributed by atoms with Crippen LogP contribution in [-0.4, -0.2) is 38.7 Å². The number of hydrogen-bond donors (Lipinski definition) is 3. The first-order chi connectivity index (χ1) is 9.20. The van der Waals surface area contributed by atoms with E-state index in [2.05, 4.69) is 15.6 Å². The molecule has 1 atom stereocenters. The van der Waals surface area contributed by atoms with E-state index in [-0.39, 0.29) is 6.61 Å². The number of carbonyl (C=O) groups is 1. The molecule has 1 aromatic heterocycles. The quantitative estimate of drug-likeness (QED) is 0.657. The lowest BCUT2D eigenvalue weighted by Crippen LogP contribution is -2.41. The van der Waals surface area contributed by atoms with Crippen LogP contribution in [0.1, 0.15) is 43.8 Å². The second-order valence-electron chi connectivity index (χ2n) is 4.97. The molecule has 1 amide bonds. The van der Waals surface area contributed by atoms with E-state index in [1.165, 1.54) is 23.9 Å². The molecule has 0 radical (unpaired) electrons. The Morgan fingerprint density at radius 2 is 2.26 bits per heavy atom. The highest BCUT2D eigenvalue weighted by atomic mass is 16.3. The third kappa shape index (κ3) is 3.74. The summed E-state index contributed by atoms with van der Waals surface area (Å²) in [5, 5.41) is 19.9. The Kier molecular flexibility index (Phi) is 4.86. The van der Waals surface area contributed by atoms with E-state index in [9.17, 15) is 4.79 Å². The smallest absolute Gasteiger partial charge is 0.240 e. The summed E-state index contributed by atoms with van der Waals surface area (Å²) in [6.07, 6.45) is 7.40. The van der Waals surface area contributed by atoms with Crippen molar-refractivity contribution < 1.29 is 9.90 Å². The van der Waals surface area contributed by atoms with Gasteiger partial charge in [0.05, 0.1) is 19.3 Å². The summed E-state index contributed by atoms with van der Waals surface area (Å²) in [6.45, 7) is 0.349. The molecular formula is C12H21N5O2. The summed E-state index contributed by atoms with van der Waals surface area (Å²) in [6, 6.07) is -0.287. The molecule has 2 rings (SSSR count). The number of amides is 1. The summed E-state index contributed by atoms with van der Waals surface area (Å²) in [5.41, 5.74) is 5.96. The molecule has 1 unspecified atom stereocenters. The zero-order chi connectivity index (χ0) is 13.7. The molecule has 0 bridgehead atoms. The molecule has 1 aromatic rings. The topological polar surface area (TPSA) is 106 Å². The van der Waals surface area contributed by atoms with Gasteiger partial charge in [-0.25, -0.2) is 4.68 Å². The van der Waals surface area contributed by atoms with Crippen LogP contribution in [0.15, 0.2) is 6.20 Å². The molecule has 4 N–H and O–H groups in total. The van der Waals surface area contributed by atoms with E-state index in [0.717, 1.165) is 12.8 Å². The van der Waals surface area contributed by atoms with Gasteiger partial charge in [0.1, 0.15) is 11.7 Å². The molecule has 0 aliphatic heterocycles. The van der Waals surface area contributed by atoms with Gasteiger partial charge in [-0.1, -0.05) is 24.5 Å². The maximum absolute atomic E-state index is 11.6. The number of primary amides is 1. The van der Waals surface area contributed by atoms with Crippen LogP contribution >= 0.6 is 0 Å². The van der Waals surface area contributed by atoms with Crippen molar-refractivity contribution in [2.45, 2.75) is 50.7 Å². The highest BCUT2D eigenvalue weighted by Crippen LogP contribution is 2.20. The first kappa shape index (κ1) is 14.0. The van der Waals surface area contributed by atoms with Crippen molar-refractivity contribution >= 4 is 5.91 Å². The fraction of sp³-hybridized carbons (Fsp3) is 0.750. The highest BCUT2D eigenvalue weighted by Gasteiger charge is 2.25. The average molecular weight is 267 g/mol. The molecule has 0 spiro atoms. The first-order valence-electron chi connectivity index (χ1n) is 6.77. The summed E-state index contributed by atoms with van der Waals surface area (Å²) in [5.74, 6) is -0.443. The Hall–Kier alpha value is -1.47. The third-order valence-electron chi connectivity index (χ3n) is 3.47. The van der Waals surface area contributed by atoms with Crippen molar-refractivity contribution in [3.05, 3.63) is 11.9 Å². The summed E-state index contributed by atoms with van der Waals surface area (Å²) >= 11 is 0. The van der Waals surface area contributed by atoms with Gasteiger partial charge in [-0.3, -0.25) is 10.1 Å². The van der Waals surface area contributed by atoms with Crippen LogP contribution in [0.2, 0.25) is 0 Å². The van der Waals surface area contributed by atoms with Gasteiger partial charge in [0, 0.05) is 6.04 Å². The van der Waals surface area contributed by atoms with Gasteiger partial charge in [-0.2, -0.15) is 0 Å². The lowest BCUT2D eigenvalue weighted by atomic mass is 9.94. The molecule has 0 saturated heterocycles. The Morgan fingerprint density at radius 1 is 1.53 bits per heavy atom. The Bertz CT molecular complexity index is 414. The summed E-state index contributed by atoms with van der Waals surface area (Å²) in [7, 11) is 0. The molecule has 7 nitrogen and oxygen atoms in total. The minimum absolute atomic E-state index is 0.0138. The highest BCUT2D eigenvalue weighted by molar-refractivity contribution is 5.80. The van der Waals surface area contributed by atoms with E-state index in [0.29, 0.717) is 18.3 Å². The normalized spacial score (nSPS) is 18.4. The maximum Gasteiger partial charge on any atom is 0.240 e. The Labute approximate surface area is 112 Å². The van der Waals surface area contributed by atoms with Crippen molar-refractivity contribution in [1.82, 2.24) is 20.3 Å². The van der Waals surface area contributed by atoms with Gasteiger partial charge in [0.15, 0.2) is 0 Å². The van der Waals surface area contributed by atoms with Crippen molar-refractivity contribution in [3.63, 3.8) is 0 Å². The Balaban J connectivity index is 2.03. The number of nitrogens with two attached hydrogens (primary N) is 1. The van der Waals surface area contributed by atoms with Crippen molar-refractivity contribution in [3.8, 4) is 0 Å². The summed E-state index contributed by atoms with van der Waals surface area (Å²) in [4.78, 5) is 11.6. The number of aliphatic hydroxyl groups excluding tert-OH is 1. The van der Waals surface area contributed by atoms with Crippen LogP contribution in [-0.2, 0) is 11.3 Å². The molecule has 1 aliphatic rings. The number of hydrogen-bond acceptors (Lipinski definition) is 5. The number of nitrogens with one attached hydrogen (secondary N) is 1. The van der Waals surface area contributed by atoms with E-state index in [1.807, 2.05) is 0 Å². The largest absolute Gasteiger partial charge is 0.394 e. The molecule has 19 heavy (non-hydrogen) atoms. The van der Waals surface area contributed by atoms with Gasteiger partial charge in [0.2, 0.25) is 5.91 Å². The van der Waals surface area contributed by atoms with Gasteiger partial charge in [0.25, 0.3) is 0 Å². The zero-order valence-electron chi connectivity index (χ0n) is 11.0. The van der Waals surface area contributed by atoms with Crippen molar-refractivity contribution in [2.75, 3.05) is 6.61 Å². The third-order valence-corrected chi connectivity index (χ3v) is 3.47. The first-order valence-corrected chi connectivity index (χ1v) is 6.77. The molecule has 0 aromatic carbocycles. The maximum atomic E-state index is 11.6. The second-order valence-corrected chi connectivity index (χ2v) is 4.97. The minimum atomic E-state index is -0.601. The van der Waals surface area contributed by atoms with Crippen LogP contribution in [0.5, 0.6) is 0 Å². The van der Waals surface area contributed by atoms with Gasteiger partial charge >= 0.3 is 0 Å². The molecule has 1 saturated carbocycles. The van der Waals surface area contributed by atoms with Crippen LogP contribution in [0.3, 0.4) is 0 Å². The molecule has 1 aliphatic carbocycles. The van der Waals surface area contributed by atoms with E-state index < -0.39 is 11.9 Å². The van der Waals surface area contributed by atoms with E-state index >= 15 is 0 Å². The van der Waals surface area contributed by atoms with Crippen LogP contribution in [0, 0.1) is 0 Å². The second kappa shape index (κ2) is 6.63. The number of nitrogens with zero attached hydrogens (tertiary/aromatic N) is 3.